The molecule has 0 aliphatic rings. The first-order chi connectivity index (χ1) is 8.54. The Morgan fingerprint density at radius 1 is 1.33 bits per heavy atom. The molecule has 1 atom stereocenters. The molecule has 0 spiro atoms. The minimum Gasteiger partial charge on any atom is -0.466 e. The normalized spacial score (nSPS) is 12.7. The summed E-state index contributed by atoms with van der Waals surface area (Å²) in [6, 6.07) is 6.56. The van der Waals surface area contributed by atoms with Gasteiger partial charge in [0.05, 0.1) is 10.5 Å². The van der Waals surface area contributed by atoms with E-state index in [1.54, 1.807) is 18.2 Å². The Hall–Kier alpha value is -1.17. The number of hydrogen-bond donors (Lipinski definition) is 2. The van der Waals surface area contributed by atoms with Crippen LogP contribution in [-0.2, 0) is 0 Å². The molecule has 0 aliphatic carbocycles. The van der Waals surface area contributed by atoms with Crippen LogP contribution in [0.5, 0.6) is 0 Å². The van der Waals surface area contributed by atoms with Gasteiger partial charge in [-0.25, -0.2) is 9.82 Å². The first-order valence-corrected chi connectivity index (χ1v) is 6.31. The monoisotopic (exact) mass is 312 g/mol. The molecule has 2 rings (SSSR count). The van der Waals surface area contributed by atoms with Crippen LogP contribution >= 0.6 is 15.9 Å². The number of rotatable bonds is 3. The second kappa shape index (κ2) is 5.22. The second-order valence-electron chi connectivity index (χ2n) is 4.11. The fourth-order valence-electron chi connectivity index (χ4n) is 2.03. The molecule has 0 aliphatic heterocycles. The lowest BCUT2D eigenvalue weighted by Gasteiger charge is -2.17. The van der Waals surface area contributed by atoms with Crippen LogP contribution in [-0.4, -0.2) is 0 Å². The number of benzene rings is 1. The van der Waals surface area contributed by atoms with Crippen molar-refractivity contribution in [2.24, 2.45) is 5.84 Å². The number of nitrogens with two attached hydrogens (primary N) is 1. The van der Waals surface area contributed by atoms with E-state index in [4.69, 9.17) is 10.3 Å². The highest BCUT2D eigenvalue weighted by Crippen LogP contribution is 2.30. The van der Waals surface area contributed by atoms with Crippen LogP contribution in [0.2, 0.25) is 0 Å². The van der Waals surface area contributed by atoms with E-state index in [0.29, 0.717) is 10.0 Å². The van der Waals surface area contributed by atoms with Crippen LogP contribution in [0.3, 0.4) is 0 Å². The van der Waals surface area contributed by atoms with E-state index in [1.807, 2.05) is 19.9 Å². The van der Waals surface area contributed by atoms with Crippen LogP contribution < -0.4 is 11.3 Å². The lowest BCUT2D eigenvalue weighted by atomic mass is 9.99. The Labute approximate surface area is 113 Å². The van der Waals surface area contributed by atoms with Crippen molar-refractivity contribution in [3.8, 4) is 0 Å². The first kappa shape index (κ1) is 13.3. The third kappa shape index (κ3) is 2.34. The van der Waals surface area contributed by atoms with E-state index < -0.39 is 6.04 Å². The smallest absolute Gasteiger partial charge is 0.142 e. The molecular formula is C13H14BrFN2O. The average molecular weight is 313 g/mol. The van der Waals surface area contributed by atoms with E-state index in [-0.39, 0.29) is 5.82 Å². The van der Waals surface area contributed by atoms with Gasteiger partial charge in [0, 0.05) is 11.1 Å². The maximum absolute atomic E-state index is 14.1. The summed E-state index contributed by atoms with van der Waals surface area (Å²) in [7, 11) is 0. The zero-order valence-corrected chi connectivity index (χ0v) is 11.7. The Morgan fingerprint density at radius 3 is 2.61 bits per heavy atom. The Balaban J connectivity index is 2.52. The summed E-state index contributed by atoms with van der Waals surface area (Å²) < 4.78 is 20.0. The molecule has 0 bridgehead atoms. The first-order valence-electron chi connectivity index (χ1n) is 5.51. The minimum atomic E-state index is -0.431. The van der Waals surface area contributed by atoms with Gasteiger partial charge >= 0.3 is 0 Å². The van der Waals surface area contributed by atoms with Gasteiger partial charge in [-0.15, -0.1) is 0 Å². The summed E-state index contributed by atoms with van der Waals surface area (Å²) in [5.74, 6) is 6.75. The SMILES string of the molecule is Cc1cc(C(NN)c2cccc(Br)c2F)c(C)o1. The number of furan rings is 1. The molecule has 0 amide bonds. The predicted molar refractivity (Wildman–Crippen MR) is 71.4 cm³/mol. The molecule has 0 radical (unpaired) electrons. The molecule has 3 nitrogen and oxygen atoms in total. The molecule has 18 heavy (non-hydrogen) atoms. The van der Waals surface area contributed by atoms with Crippen molar-refractivity contribution >= 4 is 15.9 Å². The molecule has 0 saturated heterocycles. The summed E-state index contributed by atoms with van der Waals surface area (Å²) in [4.78, 5) is 0. The van der Waals surface area contributed by atoms with Crippen molar-refractivity contribution in [3.05, 3.63) is 57.2 Å². The quantitative estimate of drug-likeness (QED) is 0.675. The minimum absolute atomic E-state index is 0.321. The van der Waals surface area contributed by atoms with Crippen LogP contribution in [0, 0.1) is 19.7 Å². The van der Waals surface area contributed by atoms with Gasteiger partial charge in [0.2, 0.25) is 0 Å². The van der Waals surface area contributed by atoms with Gasteiger partial charge in [-0.05, 0) is 41.9 Å². The van der Waals surface area contributed by atoms with Gasteiger partial charge in [0.1, 0.15) is 17.3 Å². The standard InChI is InChI=1S/C13H14BrFN2O/c1-7-6-10(8(2)18-7)13(17-16)9-4-3-5-11(14)12(9)15/h3-6,13,17H,16H2,1-2H3. The number of halogens is 2. The van der Waals surface area contributed by atoms with E-state index >= 15 is 0 Å². The van der Waals surface area contributed by atoms with E-state index in [2.05, 4.69) is 21.4 Å². The largest absolute Gasteiger partial charge is 0.466 e. The lowest BCUT2D eigenvalue weighted by Crippen LogP contribution is -2.29. The van der Waals surface area contributed by atoms with Crippen LogP contribution in [0.25, 0.3) is 0 Å². The van der Waals surface area contributed by atoms with Crippen LogP contribution in [0.15, 0.2) is 33.2 Å². The Kier molecular flexibility index (Phi) is 3.85. The number of nitrogens with one attached hydrogen (secondary N) is 1. The van der Waals surface area contributed by atoms with Crippen molar-refractivity contribution < 1.29 is 8.81 Å². The summed E-state index contributed by atoms with van der Waals surface area (Å²) in [6.07, 6.45) is 0. The highest BCUT2D eigenvalue weighted by atomic mass is 79.9. The highest BCUT2D eigenvalue weighted by Gasteiger charge is 2.21. The van der Waals surface area contributed by atoms with Crippen molar-refractivity contribution in [2.45, 2.75) is 19.9 Å². The summed E-state index contributed by atoms with van der Waals surface area (Å²) in [5, 5.41) is 0. The summed E-state index contributed by atoms with van der Waals surface area (Å²) >= 11 is 3.17. The molecule has 3 N–H and O–H groups in total. The number of aryl methyl sites for hydroxylation is 2. The molecule has 0 fully saturated rings. The molecule has 96 valence electrons. The van der Waals surface area contributed by atoms with Gasteiger partial charge < -0.3 is 4.42 Å². The van der Waals surface area contributed by atoms with Crippen molar-refractivity contribution in [1.29, 1.82) is 0 Å². The third-order valence-electron chi connectivity index (χ3n) is 2.85. The molecular weight excluding hydrogens is 299 g/mol. The van der Waals surface area contributed by atoms with Gasteiger partial charge in [-0.2, -0.15) is 0 Å². The molecule has 5 heteroatoms. The Bertz CT molecular complexity index is 568. The van der Waals surface area contributed by atoms with Crippen molar-refractivity contribution in [1.82, 2.24) is 5.43 Å². The predicted octanol–water partition coefficient (Wildman–Crippen LogP) is 3.35. The fraction of sp³-hybridized carbons (Fsp3) is 0.231. The van der Waals surface area contributed by atoms with Gasteiger partial charge in [0.15, 0.2) is 0 Å². The zero-order valence-electron chi connectivity index (χ0n) is 10.1. The van der Waals surface area contributed by atoms with Crippen LogP contribution in [0.4, 0.5) is 4.39 Å². The molecule has 2 aromatic rings. The zero-order chi connectivity index (χ0) is 13.3. The number of hydrazine groups is 1. The second-order valence-corrected chi connectivity index (χ2v) is 4.97. The molecule has 1 heterocycles. The fourth-order valence-corrected chi connectivity index (χ4v) is 2.41. The van der Waals surface area contributed by atoms with Crippen LogP contribution in [0.1, 0.15) is 28.7 Å². The lowest BCUT2D eigenvalue weighted by molar-refractivity contribution is 0.491. The van der Waals surface area contributed by atoms with E-state index in [9.17, 15) is 4.39 Å². The molecule has 1 unspecified atom stereocenters. The maximum Gasteiger partial charge on any atom is 0.142 e. The molecule has 0 saturated carbocycles. The number of hydrogen-bond acceptors (Lipinski definition) is 3. The topological polar surface area (TPSA) is 51.2 Å². The van der Waals surface area contributed by atoms with Crippen molar-refractivity contribution in [3.63, 3.8) is 0 Å². The summed E-state index contributed by atoms with van der Waals surface area (Å²) in [5.41, 5.74) is 3.96. The maximum atomic E-state index is 14.1. The highest BCUT2D eigenvalue weighted by molar-refractivity contribution is 9.10. The molecule has 1 aromatic heterocycles. The van der Waals surface area contributed by atoms with Crippen molar-refractivity contribution in [2.75, 3.05) is 0 Å². The average Bonchev–Trinajstić information content (AvgIpc) is 2.65. The van der Waals surface area contributed by atoms with E-state index in [0.717, 1.165) is 17.1 Å². The molecule has 1 aromatic carbocycles. The van der Waals surface area contributed by atoms with Gasteiger partial charge in [0.25, 0.3) is 0 Å². The third-order valence-corrected chi connectivity index (χ3v) is 3.46. The Morgan fingerprint density at radius 2 is 2.06 bits per heavy atom. The van der Waals surface area contributed by atoms with Gasteiger partial charge in [-0.3, -0.25) is 5.84 Å². The van der Waals surface area contributed by atoms with E-state index in [1.165, 1.54) is 0 Å². The summed E-state index contributed by atoms with van der Waals surface area (Å²) in [6.45, 7) is 3.68. The van der Waals surface area contributed by atoms with Gasteiger partial charge in [-0.1, -0.05) is 12.1 Å².